The van der Waals surface area contributed by atoms with Crippen LogP contribution >= 0.6 is 11.6 Å². The van der Waals surface area contributed by atoms with E-state index in [0.717, 1.165) is 41.1 Å². The number of halogens is 1. The third-order valence-corrected chi connectivity index (χ3v) is 9.50. The summed E-state index contributed by atoms with van der Waals surface area (Å²) in [5, 5.41) is 3.47. The Hall–Kier alpha value is -3.56. The van der Waals surface area contributed by atoms with Crippen molar-refractivity contribution in [1.29, 1.82) is 0 Å². The Morgan fingerprint density at radius 1 is 0.976 bits per heavy atom. The van der Waals surface area contributed by atoms with Crippen LogP contribution in [0.15, 0.2) is 77.7 Å². The van der Waals surface area contributed by atoms with Crippen molar-refractivity contribution < 1.29 is 22.7 Å². The molecule has 224 valence electrons. The standard InChI is InChI=1S/C32H38ClN3O5S/c1-4-41-29-17-15-28(16-18-29)36(42(39,40)30-19-13-26(33)14-20-30)22-31(37)35(21-25-11-9-23(2)10-12-25)24(3)32(38)34-27-7-5-6-8-27/h9-20,24,27H,4-8,21-22H2,1-3H3,(H,34,38). The molecule has 2 amide bonds. The minimum Gasteiger partial charge on any atom is -0.494 e. The molecule has 1 saturated carbocycles. The lowest BCUT2D eigenvalue weighted by atomic mass is 10.1. The highest BCUT2D eigenvalue weighted by molar-refractivity contribution is 7.92. The minimum absolute atomic E-state index is 0.00862. The van der Waals surface area contributed by atoms with E-state index in [1.807, 2.05) is 38.1 Å². The van der Waals surface area contributed by atoms with Gasteiger partial charge in [-0.3, -0.25) is 13.9 Å². The third-order valence-electron chi connectivity index (χ3n) is 7.46. The molecular weight excluding hydrogens is 574 g/mol. The molecule has 0 bridgehead atoms. The van der Waals surface area contributed by atoms with Gasteiger partial charge in [0, 0.05) is 17.6 Å². The predicted molar refractivity (Wildman–Crippen MR) is 165 cm³/mol. The van der Waals surface area contributed by atoms with Gasteiger partial charge in [0.25, 0.3) is 10.0 Å². The van der Waals surface area contributed by atoms with E-state index in [1.54, 1.807) is 31.2 Å². The van der Waals surface area contributed by atoms with Gasteiger partial charge in [0.05, 0.1) is 17.2 Å². The zero-order valence-corrected chi connectivity index (χ0v) is 25.8. The number of hydrogen-bond acceptors (Lipinski definition) is 5. The Balaban J connectivity index is 1.68. The van der Waals surface area contributed by atoms with Gasteiger partial charge >= 0.3 is 0 Å². The molecule has 1 aliphatic rings. The van der Waals surface area contributed by atoms with Crippen LogP contribution in [0.4, 0.5) is 5.69 Å². The highest BCUT2D eigenvalue weighted by Crippen LogP contribution is 2.27. The summed E-state index contributed by atoms with van der Waals surface area (Å²) in [5.74, 6) is -0.179. The van der Waals surface area contributed by atoms with Crippen LogP contribution in [0, 0.1) is 6.92 Å². The van der Waals surface area contributed by atoms with Crippen LogP contribution in [0.2, 0.25) is 5.02 Å². The van der Waals surface area contributed by atoms with Gasteiger partial charge in [0.15, 0.2) is 0 Å². The topological polar surface area (TPSA) is 96.0 Å². The maximum absolute atomic E-state index is 14.1. The number of anilines is 1. The lowest BCUT2D eigenvalue weighted by Gasteiger charge is -2.32. The second-order valence-electron chi connectivity index (χ2n) is 10.6. The second kappa shape index (κ2) is 14.1. The Morgan fingerprint density at radius 2 is 1.60 bits per heavy atom. The molecule has 42 heavy (non-hydrogen) atoms. The first kappa shape index (κ1) is 31.4. The number of hydrogen-bond donors (Lipinski definition) is 1. The largest absolute Gasteiger partial charge is 0.494 e. The van der Waals surface area contributed by atoms with E-state index in [1.165, 1.54) is 29.2 Å². The van der Waals surface area contributed by atoms with Crippen molar-refractivity contribution in [3.05, 3.63) is 88.9 Å². The first-order valence-electron chi connectivity index (χ1n) is 14.2. The van der Waals surface area contributed by atoms with Gasteiger partial charge in [0.1, 0.15) is 18.3 Å². The van der Waals surface area contributed by atoms with E-state index in [4.69, 9.17) is 16.3 Å². The Kier molecular flexibility index (Phi) is 10.5. The number of carbonyl (C=O) groups excluding carboxylic acids is 2. The summed E-state index contributed by atoms with van der Waals surface area (Å²) in [6, 6.07) is 19.3. The van der Waals surface area contributed by atoms with Gasteiger partial charge in [-0.2, -0.15) is 0 Å². The van der Waals surface area contributed by atoms with Gasteiger partial charge in [-0.1, -0.05) is 54.3 Å². The molecule has 0 aromatic heterocycles. The number of sulfonamides is 1. The van der Waals surface area contributed by atoms with E-state index in [-0.39, 0.29) is 23.4 Å². The molecule has 4 rings (SSSR count). The summed E-state index contributed by atoms with van der Waals surface area (Å²) in [4.78, 5) is 28.9. The molecule has 3 aromatic rings. The van der Waals surface area contributed by atoms with Crippen molar-refractivity contribution in [2.24, 2.45) is 0 Å². The molecule has 1 aliphatic carbocycles. The molecule has 1 N–H and O–H groups in total. The SMILES string of the molecule is CCOc1ccc(N(CC(=O)N(Cc2ccc(C)cc2)C(C)C(=O)NC2CCCC2)S(=O)(=O)c2ccc(Cl)cc2)cc1. The highest BCUT2D eigenvalue weighted by Gasteiger charge is 2.33. The number of rotatable bonds is 12. The zero-order chi connectivity index (χ0) is 30.3. The van der Waals surface area contributed by atoms with Gasteiger partial charge in [-0.05, 0) is 87.7 Å². The first-order valence-corrected chi connectivity index (χ1v) is 16.1. The van der Waals surface area contributed by atoms with Crippen LogP contribution in [-0.4, -0.2) is 50.4 Å². The van der Waals surface area contributed by atoms with Crippen molar-refractivity contribution >= 4 is 39.1 Å². The average Bonchev–Trinajstić information content (AvgIpc) is 3.49. The van der Waals surface area contributed by atoms with Gasteiger partial charge < -0.3 is 15.0 Å². The lowest BCUT2D eigenvalue weighted by Crippen LogP contribution is -2.52. The highest BCUT2D eigenvalue weighted by atomic mass is 35.5. The fourth-order valence-corrected chi connectivity index (χ4v) is 6.54. The van der Waals surface area contributed by atoms with Gasteiger partial charge in [-0.15, -0.1) is 0 Å². The van der Waals surface area contributed by atoms with Crippen molar-refractivity contribution in [1.82, 2.24) is 10.2 Å². The Labute approximate surface area is 253 Å². The maximum atomic E-state index is 14.1. The summed E-state index contributed by atoms with van der Waals surface area (Å²) < 4.78 is 34.5. The monoisotopic (exact) mass is 611 g/mol. The number of ether oxygens (including phenoxy) is 1. The molecule has 0 heterocycles. The summed E-state index contributed by atoms with van der Waals surface area (Å²) in [5.41, 5.74) is 2.20. The van der Waals surface area contributed by atoms with Crippen LogP contribution in [0.25, 0.3) is 0 Å². The van der Waals surface area contributed by atoms with Crippen molar-refractivity contribution in [2.75, 3.05) is 17.5 Å². The second-order valence-corrected chi connectivity index (χ2v) is 12.9. The lowest BCUT2D eigenvalue weighted by molar-refractivity contribution is -0.139. The van der Waals surface area contributed by atoms with Gasteiger partial charge in [0.2, 0.25) is 11.8 Å². The van der Waals surface area contributed by atoms with Crippen LogP contribution in [-0.2, 0) is 26.2 Å². The molecule has 10 heteroatoms. The van der Waals surface area contributed by atoms with Crippen LogP contribution < -0.4 is 14.4 Å². The first-order chi connectivity index (χ1) is 20.1. The van der Waals surface area contributed by atoms with Crippen LogP contribution in [0.5, 0.6) is 5.75 Å². The molecule has 1 fully saturated rings. The summed E-state index contributed by atoms with van der Waals surface area (Å²) in [6.45, 7) is 5.62. The molecule has 1 atom stereocenters. The molecule has 0 radical (unpaired) electrons. The van der Waals surface area contributed by atoms with Crippen molar-refractivity contribution in [3.8, 4) is 5.75 Å². The quantitative estimate of drug-likeness (QED) is 0.283. The fraction of sp³-hybridized carbons (Fsp3) is 0.375. The minimum atomic E-state index is -4.18. The van der Waals surface area contributed by atoms with E-state index in [2.05, 4.69) is 5.32 Å². The smallest absolute Gasteiger partial charge is 0.264 e. The average molecular weight is 612 g/mol. The number of carbonyl (C=O) groups is 2. The normalized spacial score (nSPS) is 14.3. The van der Waals surface area contributed by atoms with Gasteiger partial charge in [-0.25, -0.2) is 8.42 Å². The Bertz CT molecular complexity index is 1460. The third kappa shape index (κ3) is 7.83. The number of nitrogens with one attached hydrogen (secondary N) is 1. The van der Waals surface area contributed by atoms with Crippen LogP contribution in [0.1, 0.15) is 50.7 Å². The number of nitrogens with zero attached hydrogens (tertiary/aromatic N) is 2. The predicted octanol–water partition coefficient (Wildman–Crippen LogP) is 5.72. The molecule has 3 aromatic carbocycles. The van der Waals surface area contributed by atoms with Crippen molar-refractivity contribution in [3.63, 3.8) is 0 Å². The molecule has 0 spiro atoms. The number of aryl methyl sites for hydroxylation is 1. The van der Waals surface area contributed by atoms with Crippen molar-refractivity contribution in [2.45, 2.75) is 70.0 Å². The van der Waals surface area contributed by atoms with E-state index in [0.29, 0.717) is 23.1 Å². The maximum Gasteiger partial charge on any atom is 0.264 e. The summed E-state index contributed by atoms with van der Waals surface area (Å²) in [6.07, 6.45) is 3.94. The van der Waals surface area contributed by atoms with E-state index < -0.39 is 28.5 Å². The number of amides is 2. The molecule has 0 aliphatic heterocycles. The summed E-state index contributed by atoms with van der Waals surface area (Å²) in [7, 11) is -4.18. The van der Waals surface area contributed by atoms with Crippen LogP contribution in [0.3, 0.4) is 0 Å². The number of benzene rings is 3. The Morgan fingerprint density at radius 3 is 2.19 bits per heavy atom. The fourth-order valence-electron chi connectivity index (χ4n) is 5.00. The summed E-state index contributed by atoms with van der Waals surface area (Å²) >= 11 is 6.02. The van der Waals surface area contributed by atoms with E-state index >= 15 is 0 Å². The zero-order valence-electron chi connectivity index (χ0n) is 24.3. The molecule has 0 saturated heterocycles. The molecule has 8 nitrogen and oxygen atoms in total. The van der Waals surface area contributed by atoms with E-state index in [9.17, 15) is 18.0 Å². The molecule has 1 unspecified atom stereocenters. The molecular formula is C32H38ClN3O5S.